The first-order chi connectivity index (χ1) is 5.77. The maximum atomic E-state index is 10.2. The van der Waals surface area contributed by atoms with Crippen LogP contribution in [-0.4, -0.2) is 6.61 Å². The molecule has 1 rings (SSSR count). The van der Waals surface area contributed by atoms with Gasteiger partial charge in [0.25, 0.3) is 0 Å². The summed E-state index contributed by atoms with van der Waals surface area (Å²) in [5, 5.41) is 3.33. The fraction of sp³-hybridized carbons (Fsp3) is 0.250. The Morgan fingerprint density at radius 2 is 2.33 bits per heavy atom. The van der Waals surface area contributed by atoms with E-state index in [1.165, 1.54) is 6.07 Å². The number of rotatable bonds is 3. The molecule has 1 aromatic rings. The number of ether oxygens (including phenoxy) is 1. The molecule has 12 heavy (non-hydrogen) atoms. The molecule has 0 aliphatic carbocycles. The van der Waals surface area contributed by atoms with Gasteiger partial charge >= 0.3 is 0 Å². The van der Waals surface area contributed by atoms with Crippen LogP contribution in [0.15, 0.2) is 23.4 Å². The minimum Gasteiger partial charge on any atom is -0.491 e. The summed E-state index contributed by atoms with van der Waals surface area (Å²) in [5.41, 5.74) is 0.279. The summed E-state index contributed by atoms with van der Waals surface area (Å²) in [6.07, 6.45) is 0. The van der Waals surface area contributed by atoms with Crippen LogP contribution in [0, 0.1) is 4.91 Å². The van der Waals surface area contributed by atoms with Gasteiger partial charge in [0.2, 0.25) is 0 Å². The highest BCUT2D eigenvalue weighted by Crippen LogP contribution is 2.30. The number of hydrogen-bond acceptors (Lipinski definition) is 3. The summed E-state index contributed by atoms with van der Waals surface area (Å²) in [4.78, 5) is 10.2. The van der Waals surface area contributed by atoms with Crippen molar-refractivity contribution in [1.29, 1.82) is 0 Å². The summed E-state index contributed by atoms with van der Waals surface area (Å²) in [7, 11) is 0. The number of halogens is 1. The van der Waals surface area contributed by atoms with Crippen molar-refractivity contribution in [2.24, 2.45) is 5.18 Å². The molecule has 0 heterocycles. The molecule has 0 radical (unpaired) electrons. The second-order valence-corrected chi connectivity index (χ2v) is 2.57. The fourth-order valence-corrected chi connectivity index (χ4v) is 0.997. The smallest absolute Gasteiger partial charge is 0.149 e. The second-order valence-electron chi connectivity index (χ2n) is 2.14. The lowest BCUT2D eigenvalue weighted by atomic mass is 10.3. The molecule has 3 nitrogen and oxygen atoms in total. The van der Waals surface area contributed by atoms with Crippen molar-refractivity contribution in [3.8, 4) is 5.75 Å². The van der Waals surface area contributed by atoms with Crippen molar-refractivity contribution in [1.82, 2.24) is 0 Å². The largest absolute Gasteiger partial charge is 0.491 e. The van der Waals surface area contributed by atoms with Crippen molar-refractivity contribution in [3.05, 3.63) is 28.1 Å². The predicted molar refractivity (Wildman–Crippen MR) is 48.1 cm³/mol. The topological polar surface area (TPSA) is 38.7 Å². The molecule has 0 fully saturated rings. The molecule has 0 saturated heterocycles. The lowest BCUT2D eigenvalue weighted by Crippen LogP contribution is -1.91. The standard InChI is InChI=1S/C8H8ClNO2/c1-2-12-8-5-6(9)3-4-7(8)10-11/h3-5H,2H2,1H3. The van der Waals surface area contributed by atoms with E-state index in [1.807, 2.05) is 6.92 Å². The van der Waals surface area contributed by atoms with Gasteiger partial charge in [0.1, 0.15) is 11.4 Å². The first-order valence-electron chi connectivity index (χ1n) is 3.53. The SMILES string of the molecule is CCOc1cc(Cl)ccc1N=O. The molecule has 0 bridgehead atoms. The van der Waals surface area contributed by atoms with E-state index in [2.05, 4.69) is 5.18 Å². The molecule has 1 aromatic carbocycles. The average Bonchev–Trinajstić information content (AvgIpc) is 2.05. The highest BCUT2D eigenvalue weighted by molar-refractivity contribution is 6.30. The van der Waals surface area contributed by atoms with E-state index in [0.29, 0.717) is 17.4 Å². The van der Waals surface area contributed by atoms with E-state index in [-0.39, 0.29) is 5.69 Å². The maximum Gasteiger partial charge on any atom is 0.149 e. The zero-order valence-corrected chi connectivity index (χ0v) is 7.34. The van der Waals surface area contributed by atoms with Gasteiger partial charge < -0.3 is 4.74 Å². The molecule has 4 heteroatoms. The summed E-state index contributed by atoms with van der Waals surface area (Å²) in [5.74, 6) is 0.431. The third-order valence-corrected chi connectivity index (χ3v) is 1.56. The van der Waals surface area contributed by atoms with Crippen LogP contribution in [0.4, 0.5) is 5.69 Å². The lowest BCUT2D eigenvalue weighted by molar-refractivity contribution is 0.341. The lowest BCUT2D eigenvalue weighted by Gasteiger charge is -2.04. The van der Waals surface area contributed by atoms with Gasteiger partial charge in [0.15, 0.2) is 0 Å². The van der Waals surface area contributed by atoms with E-state index in [4.69, 9.17) is 16.3 Å². The highest BCUT2D eigenvalue weighted by Gasteiger charge is 2.03. The normalized spacial score (nSPS) is 9.50. The first kappa shape index (κ1) is 9.00. The van der Waals surface area contributed by atoms with Crippen molar-refractivity contribution >= 4 is 17.3 Å². The fourth-order valence-electron chi connectivity index (χ4n) is 0.834. The van der Waals surface area contributed by atoms with Gasteiger partial charge in [-0.25, -0.2) is 0 Å². The molecular formula is C8H8ClNO2. The summed E-state index contributed by atoms with van der Waals surface area (Å²) >= 11 is 5.69. The molecule has 0 unspecified atom stereocenters. The van der Waals surface area contributed by atoms with Gasteiger partial charge in [-0.2, -0.15) is 0 Å². The summed E-state index contributed by atoms with van der Waals surface area (Å²) in [6.45, 7) is 2.32. The maximum absolute atomic E-state index is 10.2. The Kier molecular flexibility index (Phi) is 3.05. The molecule has 0 N–H and O–H groups in total. The van der Waals surface area contributed by atoms with Gasteiger partial charge in [0.05, 0.1) is 6.61 Å². The Morgan fingerprint density at radius 3 is 2.92 bits per heavy atom. The van der Waals surface area contributed by atoms with Crippen molar-refractivity contribution in [3.63, 3.8) is 0 Å². The van der Waals surface area contributed by atoms with Crippen LogP contribution in [0.3, 0.4) is 0 Å². The van der Waals surface area contributed by atoms with Crippen molar-refractivity contribution in [2.45, 2.75) is 6.92 Å². The number of nitroso groups, excluding NO2 is 1. The number of nitrogens with zero attached hydrogens (tertiary/aromatic N) is 1. The molecule has 0 aliphatic heterocycles. The highest BCUT2D eigenvalue weighted by atomic mass is 35.5. The number of benzene rings is 1. The molecule has 64 valence electrons. The molecule has 0 spiro atoms. The van der Waals surface area contributed by atoms with Crippen LogP contribution in [-0.2, 0) is 0 Å². The van der Waals surface area contributed by atoms with Crippen LogP contribution in [0.2, 0.25) is 5.02 Å². The van der Waals surface area contributed by atoms with Gasteiger partial charge in [-0.05, 0) is 24.2 Å². The molecular weight excluding hydrogens is 178 g/mol. The second kappa shape index (κ2) is 4.07. The third kappa shape index (κ3) is 1.95. The zero-order valence-electron chi connectivity index (χ0n) is 6.58. The van der Waals surface area contributed by atoms with Crippen LogP contribution in [0.25, 0.3) is 0 Å². The van der Waals surface area contributed by atoms with Gasteiger partial charge in [-0.3, -0.25) is 0 Å². The quantitative estimate of drug-likeness (QED) is 0.679. The van der Waals surface area contributed by atoms with Crippen LogP contribution < -0.4 is 4.74 Å². The number of hydrogen-bond donors (Lipinski definition) is 0. The zero-order chi connectivity index (χ0) is 8.97. The molecule has 0 aromatic heterocycles. The van der Waals surface area contributed by atoms with E-state index in [1.54, 1.807) is 12.1 Å². The van der Waals surface area contributed by atoms with Crippen molar-refractivity contribution < 1.29 is 4.74 Å². The molecule has 0 amide bonds. The van der Waals surface area contributed by atoms with Gasteiger partial charge in [-0.15, -0.1) is 4.91 Å². The average molecular weight is 186 g/mol. The Labute approximate surface area is 75.3 Å². The van der Waals surface area contributed by atoms with E-state index in [9.17, 15) is 4.91 Å². The van der Waals surface area contributed by atoms with Gasteiger partial charge in [0, 0.05) is 11.1 Å². The van der Waals surface area contributed by atoms with E-state index >= 15 is 0 Å². The molecule has 0 aliphatic rings. The summed E-state index contributed by atoms with van der Waals surface area (Å²) < 4.78 is 5.13. The Morgan fingerprint density at radius 1 is 1.58 bits per heavy atom. The molecule has 0 atom stereocenters. The monoisotopic (exact) mass is 185 g/mol. The third-order valence-electron chi connectivity index (χ3n) is 1.32. The van der Waals surface area contributed by atoms with Crippen LogP contribution in [0.5, 0.6) is 5.75 Å². The van der Waals surface area contributed by atoms with Crippen LogP contribution in [0.1, 0.15) is 6.92 Å². The van der Waals surface area contributed by atoms with Crippen molar-refractivity contribution in [2.75, 3.05) is 6.61 Å². The van der Waals surface area contributed by atoms with Crippen LogP contribution >= 0.6 is 11.6 Å². The minimum atomic E-state index is 0.279. The molecule has 0 saturated carbocycles. The minimum absolute atomic E-state index is 0.279. The Balaban J connectivity index is 3.03. The first-order valence-corrected chi connectivity index (χ1v) is 3.91. The summed E-state index contributed by atoms with van der Waals surface area (Å²) in [6, 6.07) is 4.70. The van der Waals surface area contributed by atoms with E-state index < -0.39 is 0 Å². The van der Waals surface area contributed by atoms with Gasteiger partial charge in [-0.1, -0.05) is 11.6 Å². The predicted octanol–water partition coefficient (Wildman–Crippen LogP) is 3.14. The van der Waals surface area contributed by atoms with E-state index in [0.717, 1.165) is 0 Å². The Hall–Kier alpha value is -1.09. The Bertz CT molecular complexity index is 288.